The molecule has 1 heterocycles. The Morgan fingerprint density at radius 3 is 2.19 bits per heavy atom. The summed E-state index contributed by atoms with van der Waals surface area (Å²) < 4.78 is 0. The molecule has 0 saturated carbocycles. The molecule has 1 amide bonds. The molecule has 0 aliphatic carbocycles. The van der Waals surface area contributed by atoms with Crippen molar-refractivity contribution in [3.63, 3.8) is 0 Å². The van der Waals surface area contributed by atoms with Gasteiger partial charge in [-0.25, -0.2) is 4.99 Å². The Bertz CT molecular complexity index is 728. The highest BCUT2D eigenvalue weighted by molar-refractivity contribution is 5.91. The smallest absolute Gasteiger partial charge is 0.302 e. The van der Waals surface area contributed by atoms with Gasteiger partial charge < -0.3 is 10.6 Å². The number of rotatable bonds is 6. The third kappa shape index (κ3) is 5.23. The molecule has 1 aromatic carbocycles. The van der Waals surface area contributed by atoms with Gasteiger partial charge in [0.2, 0.25) is 0 Å². The highest BCUT2D eigenvalue weighted by atomic mass is 16.6. The second-order valence-electron chi connectivity index (χ2n) is 5.77. The standard InChI is InChI=1S/C13H19N3O4.C3H4N2O/c1-5-10(6-2)14-12-11(15(17)18)7-8(3)9(4)13(12)16(19)20;6-3-1-4-2-5-3/h7,10,14H,5-6H2,1-4H3;2H,1H2,(H,4,5,6). The molecule has 0 radical (unpaired) electrons. The van der Waals surface area contributed by atoms with Crippen LogP contribution >= 0.6 is 0 Å². The second-order valence-corrected chi connectivity index (χ2v) is 5.77. The Balaban J connectivity index is 0.000000472. The van der Waals surface area contributed by atoms with E-state index in [4.69, 9.17) is 0 Å². The van der Waals surface area contributed by atoms with Gasteiger partial charge in [-0.2, -0.15) is 0 Å². The fourth-order valence-corrected chi connectivity index (χ4v) is 2.39. The summed E-state index contributed by atoms with van der Waals surface area (Å²) in [6.07, 6.45) is 2.87. The van der Waals surface area contributed by atoms with Crippen LogP contribution in [0.2, 0.25) is 0 Å². The molecule has 10 nitrogen and oxygen atoms in total. The van der Waals surface area contributed by atoms with Crippen molar-refractivity contribution in [2.24, 2.45) is 4.99 Å². The molecule has 0 bridgehead atoms. The number of carbonyl (C=O) groups excluding carboxylic acids is 1. The van der Waals surface area contributed by atoms with E-state index in [9.17, 15) is 25.0 Å². The fraction of sp³-hybridized carbons (Fsp3) is 0.500. The molecule has 1 aliphatic rings. The summed E-state index contributed by atoms with van der Waals surface area (Å²) in [6.45, 7) is 7.48. The average Bonchev–Trinajstić information content (AvgIpc) is 3.06. The number of nitro groups is 2. The molecule has 26 heavy (non-hydrogen) atoms. The van der Waals surface area contributed by atoms with Crippen molar-refractivity contribution < 1.29 is 14.6 Å². The molecule has 2 rings (SSSR count). The van der Waals surface area contributed by atoms with E-state index in [1.54, 1.807) is 13.8 Å². The number of aryl methyl sites for hydroxylation is 1. The van der Waals surface area contributed by atoms with Crippen LogP contribution in [0.15, 0.2) is 11.1 Å². The number of hydrogen-bond acceptors (Lipinski definition) is 7. The maximum absolute atomic E-state index is 11.3. The predicted molar refractivity (Wildman–Crippen MR) is 98.7 cm³/mol. The SMILES string of the molecule is CCC(CC)Nc1c([N+](=O)[O-])cc(C)c(C)c1[N+](=O)[O-].O=C1CNC=N1. The van der Waals surface area contributed by atoms with E-state index >= 15 is 0 Å². The van der Waals surface area contributed by atoms with E-state index in [1.165, 1.54) is 12.4 Å². The number of anilines is 1. The van der Waals surface area contributed by atoms with E-state index in [2.05, 4.69) is 15.6 Å². The van der Waals surface area contributed by atoms with Gasteiger partial charge in [0.05, 0.1) is 22.7 Å². The van der Waals surface area contributed by atoms with Crippen LogP contribution in [-0.2, 0) is 4.79 Å². The topological polar surface area (TPSA) is 140 Å². The largest absolute Gasteiger partial charge is 0.371 e. The first kappa shape index (κ1) is 21.0. The summed E-state index contributed by atoms with van der Waals surface area (Å²) in [7, 11) is 0. The van der Waals surface area contributed by atoms with Gasteiger partial charge in [0, 0.05) is 17.7 Å². The van der Waals surface area contributed by atoms with Gasteiger partial charge >= 0.3 is 5.69 Å². The highest BCUT2D eigenvalue weighted by Gasteiger charge is 2.30. The molecule has 0 spiro atoms. The lowest BCUT2D eigenvalue weighted by molar-refractivity contribution is -0.392. The molecule has 0 fully saturated rings. The van der Waals surface area contributed by atoms with Crippen LogP contribution in [0.25, 0.3) is 0 Å². The Morgan fingerprint density at radius 1 is 1.23 bits per heavy atom. The minimum Gasteiger partial charge on any atom is -0.371 e. The van der Waals surface area contributed by atoms with E-state index in [1.807, 2.05) is 13.8 Å². The summed E-state index contributed by atoms with van der Waals surface area (Å²) in [4.78, 5) is 34.6. The summed E-state index contributed by atoms with van der Waals surface area (Å²) in [5.41, 5.74) is 0.555. The van der Waals surface area contributed by atoms with Crippen molar-refractivity contribution >= 4 is 29.3 Å². The van der Waals surface area contributed by atoms with Crippen LogP contribution in [0.3, 0.4) is 0 Å². The molecular weight excluding hydrogens is 342 g/mol. The molecule has 2 N–H and O–H groups in total. The van der Waals surface area contributed by atoms with Crippen molar-refractivity contribution in [2.45, 2.75) is 46.6 Å². The number of carbonyl (C=O) groups is 1. The van der Waals surface area contributed by atoms with Gasteiger partial charge in [-0.05, 0) is 32.3 Å². The number of benzene rings is 1. The fourth-order valence-electron chi connectivity index (χ4n) is 2.39. The van der Waals surface area contributed by atoms with E-state index < -0.39 is 9.85 Å². The quantitative estimate of drug-likeness (QED) is 0.583. The molecule has 1 aliphatic heterocycles. The monoisotopic (exact) mass is 365 g/mol. The lowest BCUT2D eigenvalue weighted by Crippen LogP contribution is -2.19. The maximum Gasteiger partial charge on any atom is 0.302 e. The zero-order valence-corrected chi connectivity index (χ0v) is 15.2. The molecule has 0 saturated heterocycles. The van der Waals surface area contributed by atoms with Gasteiger partial charge in [-0.3, -0.25) is 25.0 Å². The molecule has 0 aromatic heterocycles. The minimum atomic E-state index is -0.579. The minimum absolute atomic E-state index is 0.0109. The van der Waals surface area contributed by atoms with Gasteiger partial charge in [0.1, 0.15) is 0 Å². The van der Waals surface area contributed by atoms with Crippen LogP contribution in [-0.4, -0.2) is 34.7 Å². The third-order valence-corrected chi connectivity index (χ3v) is 4.06. The number of hydrogen-bond donors (Lipinski definition) is 2. The second kappa shape index (κ2) is 9.44. The van der Waals surface area contributed by atoms with Crippen LogP contribution in [0.4, 0.5) is 17.1 Å². The van der Waals surface area contributed by atoms with E-state index in [0.717, 1.165) is 12.8 Å². The van der Waals surface area contributed by atoms with Crippen molar-refractivity contribution in [1.29, 1.82) is 0 Å². The molecule has 0 atom stereocenters. The first-order chi connectivity index (χ1) is 12.2. The lowest BCUT2D eigenvalue weighted by atomic mass is 10.0. The van der Waals surface area contributed by atoms with Gasteiger partial charge in [-0.15, -0.1) is 0 Å². The van der Waals surface area contributed by atoms with Crippen LogP contribution in [0.5, 0.6) is 0 Å². The van der Waals surface area contributed by atoms with E-state index in [-0.39, 0.29) is 29.0 Å². The number of nitrogens with zero attached hydrogens (tertiary/aromatic N) is 3. The zero-order valence-electron chi connectivity index (χ0n) is 15.2. The Hall–Kier alpha value is -3.04. The van der Waals surface area contributed by atoms with Crippen molar-refractivity contribution in [2.75, 3.05) is 11.9 Å². The Kier molecular flexibility index (Phi) is 7.63. The lowest BCUT2D eigenvalue weighted by Gasteiger charge is -2.17. The Labute approximate surface area is 151 Å². The number of aliphatic imine (C=N–C) groups is 1. The van der Waals surface area contributed by atoms with Crippen molar-refractivity contribution in [3.05, 3.63) is 37.4 Å². The Morgan fingerprint density at radius 2 is 1.85 bits per heavy atom. The first-order valence-electron chi connectivity index (χ1n) is 8.21. The molecule has 0 unspecified atom stereocenters. The molecule has 10 heteroatoms. The summed E-state index contributed by atoms with van der Waals surface area (Å²) in [5, 5.41) is 28.0. The number of nitrogens with one attached hydrogen (secondary N) is 2. The number of nitro benzene ring substituents is 2. The van der Waals surface area contributed by atoms with Crippen LogP contribution < -0.4 is 10.6 Å². The normalized spacial score (nSPS) is 12.4. The summed E-state index contributed by atoms with van der Waals surface area (Å²) in [5.74, 6) is -0.0880. The highest BCUT2D eigenvalue weighted by Crippen LogP contribution is 2.39. The first-order valence-corrected chi connectivity index (χ1v) is 8.21. The third-order valence-electron chi connectivity index (χ3n) is 4.06. The van der Waals surface area contributed by atoms with Crippen molar-refractivity contribution in [1.82, 2.24) is 5.32 Å². The van der Waals surface area contributed by atoms with Crippen molar-refractivity contribution in [3.8, 4) is 0 Å². The maximum atomic E-state index is 11.3. The van der Waals surface area contributed by atoms with Gasteiger partial charge in [0.25, 0.3) is 11.6 Å². The van der Waals surface area contributed by atoms with Crippen LogP contribution in [0.1, 0.15) is 37.8 Å². The summed E-state index contributed by atoms with van der Waals surface area (Å²) in [6, 6.07) is 1.35. The van der Waals surface area contributed by atoms with Gasteiger partial charge in [0.15, 0.2) is 5.69 Å². The summed E-state index contributed by atoms with van der Waals surface area (Å²) >= 11 is 0. The van der Waals surface area contributed by atoms with Gasteiger partial charge in [-0.1, -0.05) is 13.8 Å². The molecule has 1 aromatic rings. The number of amides is 1. The predicted octanol–water partition coefficient (Wildman–Crippen LogP) is 2.86. The molecular formula is C16H23N5O5. The van der Waals surface area contributed by atoms with Crippen LogP contribution in [0, 0.1) is 34.1 Å². The molecule has 142 valence electrons. The van der Waals surface area contributed by atoms with E-state index in [0.29, 0.717) is 17.7 Å². The average molecular weight is 365 g/mol. The zero-order chi connectivity index (χ0) is 19.9.